The smallest absolute Gasteiger partial charge is 0.135 e. The van der Waals surface area contributed by atoms with Crippen molar-refractivity contribution in [1.29, 1.82) is 1.12 Å². The first kappa shape index (κ1) is 69.3. The van der Waals surface area contributed by atoms with Gasteiger partial charge in [0.2, 0.25) is 0 Å². The average molecular weight is 1540 g/mol. The number of rotatable bonds is 10. The van der Waals surface area contributed by atoms with Crippen LogP contribution in [0.5, 0.6) is 0 Å². The van der Waals surface area contributed by atoms with E-state index >= 15 is 0 Å². The molecule has 1 nitrogen and oxygen atoms in total. The van der Waals surface area contributed by atoms with Crippen LogP contribution in [0, 0.1) is 0 Å². The van der Waals surface area contributed by atoms with E-state index in [4.69, 9.17) is 5.68 Å². The fourth-order valence-electron chi connectivity index (χ4n) is 20.6. The molecule has 120 heavy (non-hydrogen) atoms. The molecule has 0 amide bonds. The minimum Gasteiger partial charge on any atom is -0.333 e. The van der Waals surface area contributed by atoms with Gasteiger partial charge in [-0.25, -0.2) is 0 Å². The van der Waals surface area contributed by atoms with Crippen LogP contribution in [-0.4, -0.2) is 5.68 Å². The second kappa shape index (κ2) is 29.0. The third-order valence-electron chi connectivity index (χ3n) is 25.5. The quantitative estimate of drug-likeness (QED) is 0.0605. The average Bonchev–Trinajstić information content (AvgIpc) is 1.51. The zero-order valence-corrected chi connectivity index (χ0v) is 66.2. The van der Waals surface area contributed by atoms with E-state index < -0.39 is 0 Å². The van der Waals surface area contributed by atoms with Gasteiger partial charge in [-0.3, -0.25) is 0 Å². The molecule has 2 aliphatic rings. The van der Waals surface area contributed by atoms with Gasteiger partial charge in [0, 0.05) is 0 Å². The Balaban J connectivity index is 0.000000160. The second-order valence-electron chi connectivity index (χ2n) is 31.7. The SMILES string of the molecule is [3H]SO.c1ccc(-c2ccc(-c3c4ccccc4c(-c4ccc(-c5ccccc5)cc4)c4cc5ccccc5cc34)cc2)cc1.c1ccc(-c2ccccc2-c2c3c(c(-c4ccccc4)c4ccccc24)-c2ccc4c5ccc6c7c(ccc(c8ccc-3c2c48)c75)-c2c-6c(-c3ccccc3-c3ccccc3)c3ccccc3c2-c2ccccc2)cc1. The molecule has 25 rings (SSSR count). The molecule has 2 heteroatoms. The minimum absolute atomic E-state index is 0.000000000000000222. The van der Waals surface area contributed by atoms with Crippen LogP contribution < -0.4 is 0 Å². The highest BCUT2D eigenvalue weighted by Gasteiger charge is 2.36. The van der Waals surface area contributed by atoms with Gasteiger partial charge in [-0.2, -0.15) is 0 Å². The molecule has 0 bridgehead atoms. The van der Waals surface area contributed by atoms with Crippen LogP contribution in [0.2, 0.25) is 0 Å². The summed E-state index contributed by atoms with van der Waals surface area (Å²) in [7, 11) is 0. The molecule has 0 aromatic heterocycles. The summed E-state index contributed by atoms with van der Waals surface area (Å²) in [4.78, 5) is 0. The van der Waals surface area contributed by atoms with Crippen LogP contribution in [0.3, 0.4) is 0 Å². The molecular formula is C118H74OS. The molecule has 0 heterocycles. The molecule has 558 valence electrons. The van der Waals surface area contributed by atoms with E-state index in [1.165, 1.54) is 253 Å². The third-order valence-corrected chi connectivity index (χ3v) is 25.5. The Morgan fingerprint density at radius 3 is 0.675 bits per heavy atom. The third kappa shape index (κ3) is 11.1. The van der Waals surface area contributed by atoms with Gasteiger partial charge in [0.1, 0.15) is 1.12 Å². The van der Waals surface area contributed by atoms with Crippen LogP contribution in [-0.2, 0) is 0 Å². The summed E-state index contributed by atoms with van der Waals surface area (Å²) >= 11 is -0.000000000000000222. The van der Waals surface area contributed by atoms with Crippen molar-refractivity contribution in [1.82, 2.24) is 0 Å². The highest BCUT2D eigenvalue weighted by atomic mass is 32.1. The van der Waals surface area contributed by atoms with Crippen molar-refractivity contribution < 1.29 is 4.55 Å². The normalized spacial score (nSPS) is 11.9. The maximum Gasteiger partial charge on any atom is 0.135 e. The summed E-state index contributed by atoms with van der Waals surface area (Å²) in [5.74, 6) is 0. The van der Waals surface area contributed by atoms with Crippen molar-refractivity contribution in [3.8, 4) is 156 Å². The molecule has 0 saturated heterocycles. The van der Waals surface area contributed by atoms with Crippen molar-refractivity contribution >= 4 is 110 Å². The van der Waals surface area contributed by atoms with Crippen LogP contribution in [0.4, 0.5) is 0 Å². The van der Waals surface area contributed by atoms with Gasteiger partial charge in [0.25, 0.3) is 0 Å². The zero-order valence-electron chi connectivity index (χ0n) is 66.4. The monoisotopic (exact) mass is 1540 g/mol. The lowest BCUT2D eigenvalue weighted by molar-refractivity contribution is 0.679. The molecule has 0 fully saturated rings. The van der Waals surface area contributed by atoms with Gasteiger partial charge in [-0.05, 0) is 278 Å². The fourth-order valence-corrected chi connectivity index (χ4v) is 20.6. The Morgan fingerprint density at radius 1 is 0.142 bits per heavy atom. The van der Waals surface area contributed by atoms with Crippen molar-refractivity contribution in [3.63, 3.8) is 0 Å². The van der Waals surface area contributed by atoms with Crippen LogP contribution >= 0.6 is 12.8 Å². The summed E-state index contributed by atoms with van der Waals surface area (Å²) in [5, 5.41) is 23.3. The highest BCUT2D eigenvalue weighted by molar-refractivity contribution is 7.74. The van der Waals surface area contributed by atoms with Crippen molar-refractivity contribution in [2.45, 2.75) is 0 Å². The van der Waals surface area contributed by atoms with E-state index in [1.807, 2.05) is 0 Å². The number of hydrogen-bond donors (Lipinski definition) is 2. The topological polar surface area (TPSA) is 20.2 Å². The molecule has 0 aliphatic heterocycles. The van der Waals surface area contributed by atoms with Gasteiger partial charge in [-0.15, -0.1) is 0 Å². The first-order valence-corrected chi connectivity index (χ1v) is 41.7. The minimum atomic E-state index is -0.000000000000000222. The molecular weight excluding hydrogens is 1470 g/mol. The van der Waals surface area contributed by atoms with Gasteiger partial charge >= 0.3 is 0 Å². The molecule has 0 unspecified atom stereocenters. The summed E-state index contributed by atoms with van der Waals surface area (Å²) in [6, 6.07) is 162. The molecule has 0 radical (unpaired) electrons. The Labute approximate surface area is 703 Å². The van der Waals surface area contributed by atoms with Gasteiger partial charge in [-0.1, -0.05) is 425 Å². The Hall–Kier alpha value is -15.0. The number of fused-ring (bicyclic) bond motifs is 13. The van der Waals surface area contributed by atoms with Crippen LogP contribution in [0.1, 0.15) is 0 Å². The number of benzene rings is 23. The first-order valence-electron chi connectivity index (χ1n) is 41.7. The summed E-state index contributed by atoms with van der Waals surface area (Å²) < 4.78 is 12.8. The lowest BCUT2D eigenvalue weighted by Gasteiger charge is -2.22. The first-order chi connectivity index (χ1) is 60.0. The standard InChI is InChI=1S/C76H44.C42H28.H2OS/c1-5-21-45(22-6-1)49-29-13-15-31-51(49)69-55-35-19-17-33-53(55)65(47-25-9-3-10-26-47)73-61-41-37-57-60-40-44-64-72-62(42-38-58(68(60)72)59-39-43-63(75(69)73)71(61)67(57)59)74-66(48-27-11-4-12-28-48)54-34-18-20-36-56(54)70(76(64)74)52-32-16-14-30-50(52)46-23-7-2-8-24-46;1-3-11-29(12-4-1)31-19-23-33(24-20-31)41-37-17-9-10-18-38(37)42(40-28-36-16-8-7-15-35(36)27-39(40)41)34-25-21-32(22-26-34)30-13-5-2-6-14-30;1-2/h1-44H;1-28H;1-2H/i/hT. The van der Waals surface area contributed by atoms with E-state index in [9.17, 15) is 0 Å². The largest absolute Gasteiger partial charge is 0.333 e. The molecule has 2 aliphatic carbocycles. The van der Waals surface area contributed by atoms with E-state index in [0.29, 0.717) is 0 Å². The highest BCUT2D eigenvalue weighted by Crippen LogP contribution is 2.64. The Morgan fingerprint density at radius 2 is 0.358 bits per heavy atom. The predicted octanol–water partition coefficient (Wildman–Crippen LogP) is 33.5. The Kier molecular flexibility index (Phi) is 16.7. The lowest BCUT2D eigenvalue weighted by Crippen LogP contribution is -1.95. The molecule has 0 saturated carbocycles. The second-order valence-corrected chi connectivity index (χ2v) is 31.7. The van der Waals surface area contributed by atoms with Crippen molar-refractivity contribution in [2.24, 2.45) is 0 Å². The summed E-state index contributed by atoms with van der Waals surface area (Å²) in [6.45, 7) is 0. The molecule has 0 spiro atoms. The number of thiol groups is 1. The molecule has 23 aromatic rings. The van der Waals surface area contributed by atoms with E-state index in [1.54, 1.807) is 0 Å². The van der Waals surface area contributed by atoms with Crippen molar-refractivity contribution in [3.05, 3.63) is 437 Å². The summed E-state index contributed by atoms with van der Waals surface area (Å²) in [5.41, 5.74) is 35.5. The van der Waals surface area contributed by atoms with Gasteiger partial charge < -0.3 is 4.55 Å². The van der Waals surface area contributed by atoms with Crippen molar-refractivity contribution in [2.75, 3.05) is 0 Å². The van der Waals surface area contributed by atoms with Gasteiger partial charge in [0.05, 0.1) is 0 Å². The maximum absolute atomic E-state index is 7.15. The maximum atomic E-state index is 7.15. The molecule has 1 N–H and O–H groups in total. The number of hydrogen-bond acceptors (Lipinski definition) is 2. The lowest BCUT2D eigenvalue weighted by atomic mass is 9.81. The Bertz CT molecular complexity index is 7550. The molecule has 23 aromatic carbocycles. The van der Waals surface area contributed by atoms with E-state index in [-0.39, 0.29) is 12.8 Å². The van der Waals surface area contributed by atoms with E-state index in [0.717, 1.165) is 0 Å². The van der Waals surface area contributed by atoms with Gasteiger partial charge in [0.15, 0.2) is 0 Å². The van der Waals surface area contributed by atoms with E-state index in [2.05, 4.69) is 437 Å². The van der Waals surface area contributed by atoms with Crippen LogP contribution in [0.25, 0.3) is 253 Å². The summed E-state index contributed by atoms with van der Waals surface area (Å²) in [6.07, 6.45) is 0. The predicted molar refractivity (Wildman–Crippen MR) is 516 cm³/mol. The van der Waals surface area contributed by atoms with Crippen LogP contribution in [0.15, 0.2) is 437 Å². The fraction of sp³-hybridized carbons (Fsp3) is 0. The molecule has 0 atom stereocenters. The zero-order chi connectivity index (χ0) is 80.2.